The second-order valence-electron chi connectivity index (χ2n) is 6.99. The Morgan fingerprint density at radius 2 is 2.11 bits per heavy atom. The van der Waals surface area contributed by atoms with Crippen molar-refractivity contribution in [2.45, 2.75) is 39.2 Å². The van der Waals surface area contributed by atoms with Crippen molar-refractivity contribution in [3.63, 3.8) is 0 Å². The number of rotatable bonds is 4. The smallest absolute Gasteiger partial charge is 0.272 e. The summed E-state index contributed by atoms with van der Waals surface area (Å²) in [5.74, 6) is 0.0416. The van der Waals surface area contributed by atoms with Gasteiger partial charge in [-0.05, 0) is 43.9 Å². The molecule has 0 radical (unpaired) electrons. The van der Waals surface area contributed by atoms with Crippen molar-refractivity contribution >= 4 is 5.91 Å². The molecule has 0 aromatic carbocycles. The van der Waals surface area contributed by atoms with Gasteiger partial charge in [0.25, 0.3) is 5.91 Å². The van der Waals surface area contributed by atoms with Gasteiger partial charge in [-0.25, -0.2) is 0 Å². The van der Waals surface area contributed by atoms with Crippen LogP contribution in [0.4, 0.5) is 0 Å². The lowest BCUT2D eigenvalue weighted by Crippen LogP contribution is -2.32. The Balaban J connectivity index is 1.69. The fourth-order valence-corrected chi connectivity index (χ4v) is 4.08. The molecule has 1 aliphatic rings. The zero-order valence-corrected chi connectivity index (χ0v) is 15.9. The number of aromatic nitrogens is 5. The maximum atomic E-state index is 13.4. The molecule has 3 aromatic rings. The fourth-order valence-electron chi connectivity index (χ4n) is 4.08. The number of pyridine rings is 1. The number of likely N-dealkylation sites (tertiary alicyclic amines) is 1. The zero-order valence-electron chi connectivity index (χ0n) is 15.9. The number of aromatic amines is 1. The Hall–Kier alpha value is -2.96. The van der Waals surface area contributed by atoms with Crippen LogP contribution in [-0.4, -0.2) is 42.3 Å². The quantitative estimate of drug-likeness (QED) is 0.772. The first-order valence-electron chi connectivity index (χ1n) is 9.39. The van der Waals surface area contributed by atoms with Gasteiger partial charge in [-0.3, -0.25) is 19.6 Å². The van der Waals surface area contributed by atoms with Gasteiger partial charge in [0.2, 0.25) is 0 Å². The molecule has 7 nitrogen and oxygen atoms in total. The van der Waals surface area contributed by atoms with Gasteiger partial charge < -0.3 is 4.90 Å². The SMILES string of the molecule is CCc1nn(C)c(C(=O)N2CCC[C@@H]2c2[nH]ncc2-c2ccncc2)c1C. The predicted octanol–water partition coefficient (Wildman–Crippen LogP) is 3.05. The third-order valence-electron chi connectivity index (χ3n) is 5.43. The van der Waals surface area contributed by atoms with Crippen molar-refractivity contribution < 1.29 is 4.79 Å². The number of nitrogens with one attached hydrogen (secondary N) is 1. The third-order valence-corrected chi connectivity index (χ3v) is 5.43. The summed E-state index contributed by atoms with van der Waals surface area (Å²) in [6, 6.07) is 3.92. The molecule has 0 bridgehead atoms. The molecule has 0 spiro atoms. The number of amides is 1. The van der Waals surface area contributed by atoms with Crippen LogP contribution in [0.3, 0.4) is 0 Å². The van der Waals surface area contributed by atoms with E-state index in [2.05, 4.69) is 27.2 Å². The minimum Gasteiger partial charge on any atom is -0.329 e. The van der Waals surface area contributed by atoms with Crippen molar-refractivity contribution in [1.82, 2.24) is 29.9 Å². The van der Waals surface area contributed by atoms with Crippen LogP contribution in [0.15, 0.2) is 30.7 Å². The van der Waals surface area contributed by atoms with Gasteiger partial charge >= 0.3 is 0 Å². The molecule has 27 heavy (non-hydrogen) atoms. The summed E-state index contributed by atoms with van der Waals surface area (Å²) in [7, 11) is 1.85. The molecule has 1 amide bonds. The van der Waals surface area contributed by atoms with Gasteiger partial charge in [0.1, 0.15) is 5.69 Å². The lowest BCUT2D eigenvalue weighted by atomic mass is 10.0. The standard InChI is InChI=1S/C20H24N6O/c1-4-16-13(2)19(25(3)24-16)20(27)26-11-5-6-17(26)18-15(12-22-23-18)14-7-9-21-10-8-14/h7-10,12,17H,4-6,11H2,1-3H3,(H,22,23)/t17-/m1/s1. The highest BCUT2D eigenvalue weighted by Gasteiger charge is 2.35. The first kappa shape index (κ1) is 17.5. The minimum absolute atomic E-state index is 0.0115. The van der Waals surface area contributed by atoms with E-state index in [0.29, 0.717) is 5.69 Å². The van der Waals surface area contributed by atoms with E-state index in [1.807, 2.05) is 37.2 Å². The van der Waals surface area contributed by atoms with Gasteiger partial charge in [-0.15, -0.1) is 0 Å². The highest BCUT2D eigenvalue weighted by atomic mass is 16.2. The fraction of sp³-hybridized carbons (Fsp3) is 0.400. The van der Waals surface area contributed by atoms with Gasteiger partial charge in [-0.2, -0.15) is 10.2 Å². The topological polar surface area (TPSA) is 79.7 Å². The summed E-state index contributed by atoms with van der Waals surface area (Å²) < 4.78 is 1.72. The minimum atomic E-state index is -0.0115. The number of hydrogen-bond donors (Lipinski definition) is 1. The maximum Gasteiger partial charge on any atom is 0.272 e. The molecule has 1 aliphatic heterocycles. The summed E-state index contributed by atoms with van der Waals surface area (Å²) in [5.41, 5.74) is 5.72. The molecular formula is C20H24N6O. The van der Waals surface area contributed by atoms with Crippen molar-refractivity contribution in [2.75, 3.05) is 6.54 Å². The van der Waals surface area contributed by atoms with Crippen LogP contribution in [0.1, 0.15) is 53.2 Å². The average molecular weight is 364 g/mol. The lowest BCUT2D eigenvalue weighted by molar-refractivity contribution is 0.0721. The molecule has 0 unspecified atom stereocenters. The van der Waals surface area contributed by atoms with E-state index < -0.39 is 0 Å². The monoisotopic (exact) mass is 364 g/mol. The van der Waals surface area contributed by atoms with Gasteiger partial charge in [0, 0.05) is 37.1 Å². The summed E-state index contributed by atoms with van der Waals surface area (Å²) >= 11 is 0. The van der Waals surface area contributed by atoms with E-state index in [1.165, 1.54) is 0 Å². The Kier molecular flexibility index (Phi) is 4.51. The Morgan fingerprint density at radius 3 is 2.81 bits per heavy atom. The largest absolute Gasteiger partial charge is 0.329 e. The second kappa shape index (κ2) is 6.98. The Bertz CT molecular complexity index is 958. The molecule has 1 saturated heterocycles. The number of nitrogens with zero attached hydrogens (tertiary/aromatic N) is 5. The summed E-state index contributed by atoms with van der Waals surface area (Å²) in [6.07, 6.45) is 8.09. The van der Waals surface area contributed by atoms with Crippen LogP contribution in [0.2, 0.25) is 0 Å². The molecule has 7 heteroatoms. The van der Waals surface area contributed by atoms with Crippen LogP contribution in [0, 0.1) is 6.92 Å². The van der Waals surface area contributed by atoms with E-state index in [1.54, 1.807) is 17.1 Å². The molecular weight excluding hydrogens is 340 g/mol. The number of carbonyl (C=O) groups excluding carboxylic acids is 1. The molecule has 0 saturated carbocycles. The summed E-state index contributed by atoms with van der Waals surface area (Å²) in [5, 5.41) is 11.9. The number of hydrogen-bond acceptors (Lipinski definition) is 4. The third kappa shape index (κ3) is 2.93. The first-order valence-corrected chi connectivity index (χ1v) is 9.39. The van der Waals surface area contributed by atoms with Crippen molar-refractivity contribution in [3.8, 4) is 11.1 Å². The second-order valence-corrected chi connectivity index (χ2v) is 6.99. The van der Waals surface area contributed by atoms with Crippen molar-refractivity contribution in [3.05, 3.63) is 53.4 Å². The van der Waals surface area contributed by atoms with E-state index in [4.69, 9.17) is 0 Å². The van der Waals surface area contributed by atoms with Crippen LogP contribution >= 0.6 is 0 Å². The van der Waals surface area contributed by atoms with E-state index in [-0.39, 0.29) is 11.9 Å². The van der Waals surface area contributed by atoms with Crippen LogP contribution in [-0.2, 0) is 13.5 Å². The van der Waals surface area contributed by atoms with Gasteiger partial charge in [0.05, 0.1) is 23.6 Å². The molecule has 1 N–H and O–H groups in total. The average Bonchev–Trinajstić information content (AvgIpc) is 3.40. The molecule has 140 valence electrons. The summed E-state index contributed by atoms with van der Waals surface area (Å²) in [6.45, 7) is 4.79. The lowest BCUT2D eigenvalue weighted by Gasteiger charge is -2.25. The Labute approximate surface area is 158 Å². The zero-order chi connectivity index (χ0) is 19.0. The number of H-pyrrole nitrogens is 1. The normalized spacial score (nSPS) is 16.9. The highest BCUT2D eigenvalue weighted by molar-refractivity contribution is 5.94. The maximum absolute atomic E-state index is 13.4. The molecule has 4 heterocycles. The molecule has 4 rings (SSSR count). The first-order chi connectivity index (χ1) is 13.1. The van der Waals surface area contributed by atoms with Gasteiger partial charge in [0.15, 0.2) is 0 Å². The molecule has 1 fully saturated rings. The van der Waals surface area contributed by atoms with Crippen LogP contribution in [0.25, 0.3) is 11.1 Å². The molecule has 1 atom stereocenters. The molecule has 3 aromatic heterocycles. The van der Waals surface area contributed by atoms with E-state index in [9.17, 15) is 4.79 Å². The number of carbonyl (C=O) groups is 1. The van der Waals surface area contributed by atoms with Crippen molar-refractivity contribution in [2.24, 2.45) is 7.05 Å². The van der Waals surface area contributed by atoms with Crippen molar-refractivity contribution in [1.29, 1.82) is 0 Å². The van der Waals surface area contributed by atoms with E-state index in [0.717, 1.165) is 53.9 Å². The van der Waals surface area contributed by atoms with Crippen LogP contribution < -0.4 is 0 Å². The molecule has 0 aliphatic carbocycles. The van der Waals surface area contributed by atoms with Gasteiger partial charge in [-0.1, -0.05) is 6.92 Å². The van der Waals surface area contributed by atoms with Crippen LogP contribution in [0.5, 0.6) is 0 Å². The highest BCUT2D eigenvalue weighted by Crippen LogP contribution is 2.37. The summed E-state index contributed by atoms with van der Waals surface area (Å²) in [4.78, 5) is 19.4. The number of aryl methyl sites for hydroxylation is 2. The predicted molar refractivity (Wildman–Crippen MR) is 102 cm³/mol. The Morgan fingerprint density at radius 1 is 1.33 bits per heavy atom. The van der Waals surface area contributed by atoms with E-state index >= 15 is 0 Å².